The van der Waals surface area contributed by atoms with Crippen molar-refractivity contribution < 1.29 is 4.79 Å². The molecule has 0 aliphatic rings. The summed E-state index contributed by atoms with van der Waals surface area (Å²) < 4.78 is 3.59. The second kappa shape index (κ2) is 8.70. The second-order valence-electron chi connectivity index (χ2n) is 5.40. The zero-order chi connectivity index (χ0) is 18.5. The minimum absolute atomic E-state index is 0.0753. The van der Waals surface area contributed by atoms with Crippen LogP contribution in [-0.2, 0) is 4.79 Å². The summed E-state index contributed by atoms with van der Waals surface area (Å²) in [5, 5.41) is 15.7. The molecule has 3 aromatic rings. The number of rotatable bonds is 7. The molecular formula is C17H19N5OS3. The molecule has 0 saturated heterocycles. The van der Waals surface area contributed by atoms with Gasteiger partial charge >= 0.3 is 0 Å². The van der Waals surface area contributed by atoms with Gasteiger partial charge in [-0.25, -0.2) is 4.68 Å². The predicted molar refractivity (Wildman–Crippen MR) is 109 cm³/mol. The van der Waals surface area contributed by atoms with E-state index in [1.165, 1.54) is 23.1 Å². The molecule has 0 aliphatic carbocycles. The van der Waals surface area contributed by atoms with Crippen molar-refractivity contribution in [3.63, 3.8) is 0 Å². The van der Waals surface area contributed by atoms with E-state index >= 15 is 0 Å². The standard InChI is InChI=1S/C17H19N5OS3/c1-4-24-16-19-20-17(26-16)25-10-14(23)18-15-11(2)21-22(12(15)3)13-8-6-5-7-9-13/h5-9H,4,10H2,1-3H3,(H,18,23). The van der Waals surface area contributed by atoms with Crippen LogP contribution in [0.4, 0.5) is 5.69 Å². The molecule has 0 spiro atoms. The maximum absolute atomic E-state index is 12.4. The van der Waals surface area contributed by atoms with E-state index in [1.807, 2.05) is 48.9 Å². The van der Waals surface area contributed by atoms with E-state index in [4.69, 9.17) is 0 Å². The summed E-state index contributed by atoms with van der Waals surface area (Å²) in [6, 6.07) is 9.87. The van der Waals surface area contributed by atoms with Crippen molar-refractivity contribution >= 4 is 46.5 Å². The number of amides is 1. The lowest BCUT2D eigenvalue weighted by molar-refractivity contribution is -0.113. The molecule has 0 aliphatic heterocycles. The van der Waals surface area contributed by atoms with E-state index in [9.17, 15) is 4.79 Å². The first-order valence-corrected chi connectivity index (χ1v) is 10.9. The molecule has 3 rings (SSSR count). The summed E-state index contributed by atoms with van der Waals surface area (Å²) in [4.78, 5) is 12.4. The fourth-order valence-electron chi connectivity index (χ4n) is 2.38. The fraction of sp³-hybridized carbons (Fsp3) is 0.294. The Balaban J connectivity index is 1.65. The third kappa shape index (κ3) is 4.46. The molecular weight excluding hydrogens is 386 g/mol. The van der Waals surface area contributed by atoms with E-state index in [1.54, 1.807) is 11.8 Å². The van der Waals surface area contributed by atoms with Crippen LogP contribution in [0.1, 0.15) is 18.3 Å². The lowest BCUT2D eigenvalue weighted by Crippen LogP contribution is -2.15. The van der Waals surface area contributed by atoms with Crippen molar-refractivity contribution in [2.75, 3.05) is 16.8 Å². The summed E-state index contributed by atoms with van der Waals surface area (Å²) >= 11 is 4.58. The number of carbonyl (C=O) groups is 1. The molecule has 9 heteroatoms. The first-order chi connectivity index (χ1) is 12.6. The van der Waals surface area contributed by atoms with Gasteiger partial charge in [0.1, 0.15) is 0 Å². The van der Waals surface area contributed by atoms with Crippen LogP contribution >= 0.6 is 34.9 Å². The molecule has 0 bridgehead atoms. The summed E-state index contributed by atoms with van der Waals surface area (Å²) in [7, 11) is 0. The van der Waals surface area contributed by atoms with Crippen molar-refractivity contribution in [2.45, 2.75) is 29.5 Å². The first kappa shape index (κ1) is 18.9. The Labute approximate surface area is 164 Å². The Kier molecular flexibility index (Phi) is 6.33. The van der Waals surface area contributed by atoms with Crippen LogP contribution < -0.4 is 5.32 Å². The molecule has 1 N–H and O–H groups in total. The Bertz CT molecular complexity index is 891. The SMILES string of the molecule is CCSc1nnc(SCC(=O)Nc2c(C)nn(-c3ccccc3)c2C)s1. The quantitative estimate of drug-likeness (QED) is 0.595. The largest absolute Gasteiger partial charge is 0.322 e. The van der Waals surface area contributed by atoms with Gasteiger partial charge in [-0.1, -0.05) is 60.0 Å². The Morgan fingerprint density at radius 2 is 1.85 bits per heavy atom. The van der Waals surface area contributed by atoms with Gasteiger partial charge in [0.05, 0.1) is 28.5 Å². The van der Waals surface area contributed by atoms with Crippen molar-refractivity contribution in [1.29, 1.82) is 0 Å². The van der Waals surface area contributed by atoms with Gasteiger partial charge in [0.2, 0.25) is 5.91 Å². The minimum Gasteiger partial charge on any atom is -0.322 e. The van der Waals surface area contributed by atoms with E-state index in [0.29, 0.717) is 5.75 Å². The Morgan fingerprint density at radius 1 is 1.15 bits per heavy atom. The maximum atomic E-state index is 12.4. The molecule has 0 radical (unpaired) electrons. The van der Waals surface area contributed by atoms with Gasteiger partial charge in [-0.05, 0) is 31.7 Å². The van der Waals surface area contributed by atoms with Gasteiger partial charge < -0.3 is 5.32 Å². The minimum atomic E-state index is -0.0753. The molecule has 26 heavy (non-hydrogen) atoms. The van der Waals surface area contributed by atoms with E-state index < -0.39 is 0 Å². The molecule has 1 amide bonds. The average Bonchev–Trinajstić information content (AvgIpc) is 3.20. The van der Waals surface area contributed by atoms with E-state index in [0.717, 1.165) is 37.2 Å². The molecule has 2 heterocycles. The van der Waals surface area contributed by atoms with Crippen LogP contribution in [0, 0.1) is 13.8 Å². The predicted octanol–water partition coefficient (Wildman–Crippen LogP) is 4.18. The molecule has 6 nitrogen and oxygen atoms in total. The zero-order valence-electron chi connectivity index (χ0n) is 14.7. The van der Waals surface area contributed by atoms with Crippen LogP contribution in [-0.4, -0.2) is 37.4 Å². The molecule has 2 aromatic heterocycles. The van der Waals surface area contributed by atoms with Gasteiger partial charge in [-0.3, -0.25) is 4.79 Å². The normalized spacial score (nSPS) is 10.9. The third-order valence-electron chi connectivity index (χ3n) is 3.54. The van der Waals surface area contributed by atoms with Crippen molar-refractivity contribution in [1.82, 2.24) is 20.0 Å². The van der Waals surface area contributed by atoms with Crippen LogP contribution in [0.5, 0.6) is 0 Å². The Hall–Kier alpha value is -1.84. The number of anilines is 1. The monoisotopic (exact) mass is 405 g/mol. The number of nitrogens with zero attached hydrogens (tertiary/aromatic N) is 4. The zero-order valence-corrected chi connectivity index (χ0v) is 17.2. The van der Waals surface area contributed by atoms with Gasteiger partial charge in [-0.15, -0.1) is 10.2 Å². The highest BCUT2D eigenvalue weighted by Crippen LogP contribution is 2.29. The van der Waals surface area contributed by atoms with Crippen LogP contribution in [0.2, 0.25) is 0 Å². The van der Waals surface area contributed by atoms with E-state index in [2.05, 4.69) is 27.5 Å². The number of aromatic nitrogens is 4. The highest BCUT2D eigenvalue weighted by atomic mass is 32.2. The highest BCUT2D eigenvalue weighted by Gasteiger charge is 2.16. The van der Waals surface area contributed by atoms with Gasteiger partial charge in [0, 0.05) is 0 Å². The molecule has 0 unspecified atom stereocenters. The highest BCUT2D eigenvalue weighted by molar-refractivity contribution is 8.03. The topological polar surface area (TPSA) is 72.7 Å². The van der Waals surface area contributed by atoms with Gasteiger partial charge in [-0.2, -0.15) is 5.10 Å². The number of thioether (sulfide) groups is 2. The van der Waals surface area contributed by atoms with Crippen molar-refractivity contribution in [3.8, 4) is 5.69 Å². The number of nitrogens with one attached hydrogen (secondary N) is 1. The maximum Gasteiger partial charge on any atom is 0.234 e. The Morgan fingerprint density at radius 3 is 2.54 bits per heavy atom. The van der Waals surface area contributed by atoms with Crippen molar-refractivity contribution in [2.24, 2.45) is 0 Å². The van der Waals surface area contributed by atoms with Crippen LogP contribution in [0.3, 0.4) is 0 Å². The number of hydrogen-bond donors (Lipinski definition) is 1. The average molecular weight is 406 g/mol. The molecule has 0 fully saturated rings. The number of aryl methyl sites for hydroxylation is 1. The summed E-state index contributed by atoms with van der Waals surface area (Å²) in [6.45, 7) is 5.93. The second-order valence-corrected chi connectivity index (χ2v) is 9.11. The van der Waals surface area contributed by atoms with Crippen LogP contribution in [0.25, 0.3) is 5.69 Å². The first-order valence-electron chi connectivity index (χ1n) is 8.09. The number of benzene rings is 1. The smallest absolute Gasteiger partial charge is 0.234 e. The van der Waals surface area contributed by atoms with Gasteiger partial charge in [0.15, 0.2) is 8.68 Å². The molecule has 0 saturated carbocycles. The lowest BCUT2D eigenvalue weighted by atomic mass is 10.3. The fourth-order valence-corrected chi connectivity index (χ4v) is 5.10. The van der Waals surface area contributed by atoms with Crippen molar-refractivity contribution in [3.05, 3.63) is 41.7 Å². The number of hydrogen-bond acceptors (Lipinski definition) is 7. The third-order valence-corrected chi connectivity index (χ3v) is 6.61. The number of carbonyl (C=O) groups excluding carboxylic acids is 1. The van der Waals surface area contributed by atoms with Gasteiger partial charge in [0.25, 0.3) is 0 Å². The van der Waals surface area contributed by atoms with Crippen LogP contribution in [0.15, 0.2) is 39.0 Å². The summed E-state index contributed by atoms with van der Waals surface area (Å²) in [5.74, 6) is 1.18. The molecule has 0 atom stereocenters. The lowest BCUT2D eigenvalue weighted by Gasteiger charge is -2.06. The molecule has 1 aromatic carbocycles. The summed E-state index contributed by atoms with van der Waals surface area (Å²) in [6.07, 6.45) is 0. The summed E-state index contributed by atoms with van der Waals surface area (Å²) in [5.41, 5.74) is 3.43. The molecule has 136 valence electrons. The van der Waals surface area contributed by atoms with E-state index in [-0.39, 0.29) is 5.91 Å². The number of para-hydroxylation sites is 1.